The van der Waals surface area contributed by atoms with Gasteiger partial charge in [0.05, 0.1) is 11.1 Å². The fraction of sp³-hybridized carbons (Fsp3) is 0.350. The molecule has 0 spiro atoms. The Hall–Kier alpha value is -1.93. The number of carbonyl (C=O) groups excluding carboxylic acids is 1. The number of rotatable bonds is 7. The van der Waals surface area contributed by atoms with Gasteiger partial charge in [-0.25, -0.2) is 13.1 Å². The van der Waals surface area contributed by atoms with Crippen LogP contribution in [0.15, 0.2) is 53.4 Å². The molecule has 1 aliphatic rings. The zero-order chi connectivity index (χ0) is 20.1. The summed E-state index contributed by atoms with van der Waals surface area (Å²) in [6, 6.07) is 13.5. The van der Waals surface area contributed by atoms with Crippen LogP contribution in [0.1, 0.15) is 28.8 Å². The number of amides is 1. The van der Waals surface area contributed by atoms with Crippen LogP contribution in [-0.4, -0.2) is 45.5 Å². The minimum absolute atomic E-state index is 0.0250. The molecule has 1 fully saturated rings. The van der Waals surface area contributed by atoms with E-state index >= 15 is 0 Å². The fourth-order valence-electron chi connectivity index (χ4n) is 3.09. The van der Waals surface area contributed by atoms with Crippen LogP contribution in [0.2, 0.25) is 5.02 Å². The minimum atomic E-state index is -3.87. The summed E-state index contributed by atoms with van der Waals surface area (Å²) in [6.45, 7) is 1.31. The molecular formula is C20H23ClN2O4S. The van der Waals surface area contributed by atoms with Gasteiger partial charge in [0.15, 0.2) is 0 Å². The second kappa shape index (κ2) is 9.05. The summed E-state index contributed by atoms with van der Waals surface area (Å²) in [5, 5.41) is 0.0684. The van der Waals surface area contributed by atoms with E-state index in [9.17, 15) is 13.2 Å². The maximum Gasteiger partial charge on any atom is 0.253 e. The van der Waals surface area contributed by atoms with Gasteiger partial charge in [-0.3, -0.25) is 4.79 Å². The van der Waals surface area contributed by atoms with Gasteiger partial charge in [-0.2, -0.15) is 0 Å². The molecule has 1 unspecified atom stereocenters. The monoisotopic (exact) mass is 422 g/mol. The van der Waals surface area contributed by atoms with Gasteiger partial charge >= 0.3 is 0 Å². The first-order valence-corrected chi connectivity index (χ1v) is 10.9. The molecule has 0 bridgehead atoms. The molecule has 1 amide bonds. The highest BCUT2D eigenvalue weighted by atomic mass is 35.5. The molecule has 2 aromatic carbocycles. The predicted molar refractivity (Wildman–Crippen MR) is 108 cm³/mol. The van der Waals surface area contributed by atoms with Crippen LogP contribution in [0, 0.1) is 0 Å². The molecule has 0 aliphatic carbocycles. The van der Waals surface area contributed by atoms with Crippen LogP contribution in [0.4, 0.5) is 0 Å². The van der Waals surface area contributed by atoms with Crippen LogP contribution in [0.25, 0.3) is 0 Å². The van der Waals surface area contributed by atoms with Gasteiger partial charge in [-0.15, -0.1) is 0 Å². The molecule has 1 atom stereocenters. The summed E-state index contributed by atoms with van der Waals surface area (Å²) in [5.41, 5.74) is 1.09. The van der Waals surface area contributed by atoms with E-state index in [1.807, 2.05) is 30.3 Å². The average Bonchev–Trinajstić information content (AvgIpc) is 3.20. The van der Waals surface area contributed by atoms with Crippen LogP contribution in [0.3, 0.4) is 0 Å². The lowest BCUT2D eigenvalue weighted by atomic mass is 10.2. The summed E-state index contributed by atoms with van der Waals surface area (Å²) < 4.78 is 33.5. The van der Waals surface area contributed by atoms with Crippen LogP contribution in [-0.2, 0) is 21.3 Å². The lowest BCUT2D eigenvalue weighted by molar-refractivity contribution is 0.0587. The van der Waals surface area contributed by atoms with Crippen molar-refractivity contribution in [3.63, 3.8) is 0 Å². The van der Waals surface area contributed by atoms with Crippen molar-refractivity contribution >= 4 is 27.5 Å². The molecule has 1 aliphatic heterocycles. The number of carbonyl (C=O) groups is 1. The van der Waals surface area contributed by atoms with Gasteiger partial charge in [-0.05, 0) is 36.6 Å². The van der Waals surface area contributed by atoms with Crippen molar-refractivity contribution in [1.29, 1.82) is 0 Å². The lowest BCUT2D eigenvalue weighted by Gasteiger charge is -2.21. The van der Waals surface area contributed by atoms with Gasteiger partial charge in [-0.1, -0.05) is 41.9 Å². The van der Waals surface area contributed by atoms with E-state index in [1.54, 1.807) is 11.9 Å². The lowest BCUT2D eigenvalue weighted by Crippen LogP contribution is -2.34. The Morgan fingerprint density at radius 1 is 1.25 bits per heavy atom. The number of nitrogens with one attached hydrogen (secondary N) is 1. The fourth-order valence-corrected chi connectivity index (χ4v) is 4.63. The summed E-state index contributed by atoms with van der Waals surface area (Å²) in [7, 11) is -2.19. The largest absolute Gasteiger partial charge is 0.376 e. The summed E-state index contributed by atoms with van der Waals surface area (Å²) >= 11 is 6.12. The van der Waals surface area contributed by atoms with Gasteiger partial charge in [0.1, 0.15) is 4.90 Å². The van der Waals surface area contributed by atoms with Crippen molar-refractivity contribution in [3.05, 3.63) is 64.7 Å². The van der Waals surface area contributed by atoms with E-state index < -0.39 is 10.0 Å². The number of benzene rings is 2. The summed E-state index contributed by atoms with van der Waals surface area (Å²) in [6.07, 6.45) is 1.93. The Morgan fingerprint density at radius 2 is 2.00 bits per heavy atom. The SMILES string of the molecule is CN(CC1CCCO1)C(=O)c1ccc(Cl)c(S(=O)(=O)NCc2ccccc2)c1. The van der Waals surface area contributed by atoms with Gasteiger partial charge in [0, 0.05) is 32.3 Å². The standard InChI is InChI=1S/C20H23ClN2O4S/c1-23(14-17-8-5-11-27-17)20(24)16-9-10-18(21)19(12-16)28(25,26)22-13-15-6-3-2-4-7-15/h2-4,6-7,9-10,12,17,22H,5,8,11,13-14H2,1H3. The van der Waals surface area contributed by atoms with Gasteiger partial charge in [0.25, 0.3) is 5.91 Å². The predicted octanol–water partition coefficient (Wildman–Crippen LogP) is 3.07. The molecule has 6 nitrogen and oxygen atoms in total. The molecule has 1 N–H and O–H groups in total. The maximum atomic E-state index is 12.7. The highest BCUT2D eigenvalue weighted by Crippen LogP contribution is 2.24. The molecule has 3 rings (SSSR count). The number of ether oxygens (including phenoxy) is 1. The number of sulfonamides is 1. The smallest absolute Gasteiger partial charge is 0.253 e. The molecule has 150 valence electrons. The summed E-state index contributed by atoms with van der Waals surface area (Å²) in [4.78, 5) is 14.2. The van der Waals surface area contributed by atoms with E-state index in [0.29, 0.717) is 13.2 Å². The molecule has 28 heavy (non-hydrogen) atoms. The molecule has 8 heteroatoms. The molecule has 2 aromatic rings. The quantitative estimate of drug-likeness (QED) is 0.744. The van der Waals surface area contributed by atoms with E-state index in [1.165, 1.54) is 18.2 Å². The van der Waals surface area contributed by atoms with Crippen molar-refractivity contribution in [2.45, 2.75) is 30.4 Å². The molecule has 0 radical (unpaired) electrons. The van der Waals surface area contributed by atoms with Gasteiger partial charge < -0.3 is 9.64 Å². The third kappa shape index (κ3) is 5.11. The van der Waals surface area contributed by atoms with Crippen molar-refractivity contribution in [2.75, 3.05) is 20.2 Å². The van der Waals surface area contributed by atoms with E-state index in [0.717, 1.165) is 18.4 Å². The second-order valence-corrected chi connectivity index (χ2v) is 8.92. The van der Waals surface area contributed by atoms with Crippen molar-refractivity contribution in [1.82, 2.24) is 9.62 Å². The molecule has 0 aromatic heterocycles. The Bertz CT molecular complexity index is 928. The molecule has 1 saturated heterocycles. The Labute approximate surface area is 170 Å². The first-order chi connectivity index (χ1) is 13.4. The first-order valence-electron chi connectivity index (χ1n) is 9.07. The van der Waals surface area contributed by atoms with Crippen LogP contribution >= 0.6 is 11.6 Å². The minimum Gasteiger partial charge on any atom is -0.376 e. The third-order valence-corrected chi connectivity index (χ3v) is 6.51. The van der Waals surface area contributed by atoms with Crippen LogP contribution < -0.4 is 4.72 Å². The van der Waals surface area contributed by atoms with Crippen LogP contribution in [0.5, 0.6) is 0 Å². The highest BCUT2D eigenvalue weighted by Gasteiger charge is 2.24. The Kier molecular flexibility index (Phi) is 6.72. The van der Waals surface area contributed by atoms with Crippen molar-refractivity contribution in [2.24, 2.45) is 0 Å². The second-order valence-electron chi connectivity index (χ2n) is 6.78. The average molecular weight is 423 g/mol. The number of nitrogens with zero attached hydrogens (tertiary/aromatic N) is 1. The number of likely N-dealkylation sites (N-methyl/N-ethyl adjacent to an activating group) is 1. The normalized spacial score (nSPS) is 16.9. The van der Waals surface area contributed by atoms with E-state index in [2.05, 4.69) is 4.72 Å². The van der Waals surface area contributed by atoms with E-state index in [-0.39, 0.29) is 34.0 Å². The first kappa shape index (κ1) is 20.8. The number of hydrogen-bond acceptors (Lipinski definition) is 4. The molecular weight excluding hydrogens is 400 g/mol. The number of hydrogen-bond donors (Lipinski definition) is 1. The summed E-state index contributed by atoms with van der Waals surface area (Å²) in [5.74, 6) is -0.272. The highest BCUT2D eigenvalue weighted by molar-refractivity contribution is 7.89. The van der Waals surface area contributed by atoms with Crippen molar-refractivity contribution < 1.29 is 17.9 Å². The zero-order valence-corrected chi connectivity index (χ0v) is 17.2. The third-order valence-electron chi connectivity index (χ3n) is 4.62. The zero-order valence-electron chi connectivity index (χ0n) is 15.6. The van der Waals surface area contributed by atoms with Crippen molar-refractivity contribution in [3.8, 4) is 0 Å². The molecule has 1 heterocycles. The van der Waals surface area contributed by atoms with Gasteiger partial charge in [0.2, 0.25) is 10.0 Å². The van der Waals surface area contributed by atoms with E-state index in [4.69, 9.17) is 16.3 Å². The molecule has 0 saturated carbocycles. The Morgan fingerprint density at radius 3 is 2.68 bits per heavy atom. The maximum absolute atomic E-state index is 12.7. The topological polar surface area (TPSA) is 75.7 Å². The Balaban J connectivity index is 1.75. The number of halogens is 1.